The summed E-state index contributed by atoms with van der Waals surface area (Å²) in [6, 6.07) is 19.2. The second kappa shape index (κ2) is 10.8. The van der Waals surface area contributed by atoms with Crippen molar-refractivity contribution in [2.75, 3.05) is 31.1 Å². The van der Waals surface area contributed by atoms with Crippen molar-refractivity contribution >= 4 is 18.0 Å². The van der Waals surface area contributed by atoms with E-state index in [2.05, 4.69) is 20.1 Å². The third-order valence-corrected chi connectivity index (χ3v) is 5.83. The number of nitrogens with zero attached hydrogens (tertiary/aromatic N) is 3. The third-order valence-electron chi connectivity index (χ3n) is 5.83. The molecule has 2 heterocycles. The summed E-state index contributed by atoms with van der Waals surface area (Å²) in [6.45, 7) is 3.37. The molecule has 0 radical (unpaired) electrons. The Morgan fingerprint density at radius 1 is 1.00 bits per heavy atom. The lowest BCUT2D eigenvalue weighted by atomic mass is 10.1. The maximum absolute atomic E-state index is 14.0. The molecule has 7 heteroatoms. The molecule has 2 aromatic carbocycles. The third kappa shape index (κ3) is 5.81. The molecule has 0 aliphatic carbocycles. The number of anilines is 1. The van der Waals surface area contributed by atoms with Crippen molar-refractivity contribution < 1.29 is 14.0 Å². The lowest BCUT2D eigenvalue weighted by molar-refractivity contribution is -0.109. The Balaban J connectivity index is 1.39. The highest BCUT2D eigenvalue weighted by molar-refractivity contribution is 6.00. The fourth-order valence-electron chi connectivity index (χ4n) is 4.06. The van der Waals surface area contributed by atoms with Crippen LogP contribution < -0.4 is 10.2 Å². The zero-order valence-corrected chi connectivity index (χ0v) is 18.4. The number of halogens is 1. The lowest BCUT2D eigenvalue weighted by Gasteiger charge is -2.36. The summed E-state index contributed by atoms with van der Waals surface area (Å²) in [6.07, 6.45) is 2.86. The fourth-order valence-corrected chi connectivity index (χ4v) is 4.06. The molecule has 6 nitrogen and oxygen atoms in total. The quantitative estimate of drug-likeness (QED) is 0.539. The monoisotopic (exact) mass is 446 g/mol. The number of carbonyl (C=O) groups excluding carboxylic acids is 2. The molecule has 1 aliphatic rings. The Hall–Kier alpha value is -3.58. The van der Waals surface area contributed by atoms with E-state index in [1.807, 2.05) is 42.5 Å². The second-order valence-corrected chi connectivity index (χ2v) is 8.13. The van der Waals surface area contributed by atoms with E-state index in [-0.39, 0.29) is 11.7 Å². The predicted octanol–water partition coefficient (Wildman–Crippen LogP) is 3.08. The molecule has 1 aromatic heterocycles. The molecule has 1 amide bonds. The van der Waals surface area contributed by atoms with E-state index >= 15 is 0 Å². The number of benzene rings is 2. The summed E-state index contributed by atoms with van der Waals surface area (Å²) in [5.41, 5.74) is 2.11. The lowest BCUT2D eigenvalue weighted by Crippen LogP contribution is -2.47. The van der Waals surface area contributed by atoms with E-state index in [0.717, 1.165) is 24.9 Å². The smallest absolute Gasteiger partial charge is 0.255 e. The molecule has 33 heavy (non-hydrogen) atoms. The number of hydrogen-bond acceptors (Lipinski definition) is 5. The first-order valence-corrected chi connectivity index (χ1v) is 11.1. The highest BCUT2D eigenvalue weighted by Gasteiger charge is 2.24. The normalized spacial score (nSPS) is 15.1. The average Bonchev–Trinajstić information content (AvgIpc) is 2.86. The minimum Gasteiger partial charge on any atom is -0.353 e. The van der Waals surface area contributed by atoms with Gasteiger partial charge < -0.3 is 15.0 Å². The number of carbonyl (C=O) groups is 2. The van der Waals surface area contributed by atoms with Crippen LogP contribution in [-0.2, 0) is 17.8 Å². The Morgan fingerprint density at radius 2 is 1.73 bits per heavy atom. The standard InChI is InChI=1S/C26H27FN4O2/c27-24-11-5-4-9-21(24)18-30-13-15-31(16-14-30)25-23(10-6-12-28-25)26(33)29-22(19-32)17-20-7-2-1-3-8-20/h1-12,19,22H,13-18H2,(H,29,33). The highest BCUT2D eigenvalue weighted by Crippen LogP contribution is 2.20. The van der Waals surface area contributed by atoms with Gasteiger partial charge in [0.05, 0.1) is 11.6 Å². The van der Waals surface area contributed by atoms with Gasteiger partial charge >= 0.3 is 0 Å². The summed E-state index contributed by atoms with van der Waals surface area (Å²) in [5, 5.41) is 2.83. The van der Waals surface area contributed by atoms with E-state index in [0.29, 0.717) is 43.0 Å². The van der Waals surface area contributed by atoms with Crippen LogP contribution in [-0.4, -0.2) is 54.3 Å². The van der Waals surface area contributed by atoms with Crippen LogP contribution in [0.1, 0.15) is 21.5 Å². The van der Waals surface area contributed by atoms with Gasteiger partial charge in [0, 0.05) is 44.5 Å². The number of amides is 1. The molecule has 1 N–H and O–H groups in total. The first-order valence-electron chi connectivity index (χ1n) is 11.1. The molecule has 0 saturated carbocycles. The number of pyridine rings is 1. The highest BCUT2D eigenvalue weighted by atomic mass is 19.1. The van der Waals surface area contributed by atoms with Gasteiger partial charge in [-0.25, -0.2) is 9.37 Å². The van der Waals surface area contributed by atoms with Crippen LogP contribution >= 0.6 is 0 Å². The van der Waals surface area contributed by atoms with Crippen molar-refractivity contribution in [3.63, 3.8) is 0 Å². The van der Waals surface area contributed by atoms with Crippen molar-refractivity contribution in [1.29, 1.82) is 0 Å². The number of piperazine rings is 1. The SMILES string of the molecule is O=CC(Cc1ccccc1)NC(=O)c1cccnc1N1CCN(Cc2ccccc2F)CC1. The molecule has 1 fully saturated rings. The largest absolute Gasteiger partial charge is 0.353 e. The molecule has 1 unspecified atom stereocenters. The molecule has 4 rings (SSSR count). The van der Waals surface area contributed by atoms with Crippen molar-refractivity contribution in [2.45, 2.75) is 19.0 Å². The van der Waals surface area contributed by atoms with Crippen LogP contribution in [0.4, 0.5) is 10.2 Å². The molecular formula is C26H27FN4O2. The van der Waals surface area contributed by atoms with Crippen molar-refractivity contribution in [3.8, 4) is 0 Å². The van der Waals surface area contributed by atoms with Gasteiger partial charge in [-0.15, -0.1) is 0 Å². The molecule has 3 aromatic rings. The van der Waals surface area contributed by atoms with Crippen LogP contribution in [0.25, 0.3) is 0 Å². The van der Waals surface area contributed by atoms with Crippen LogP contribution in [0.15, 0.2) is 72.9 Å². The molecule has 0 bridgehead atoms. The predicted molar refractivity (Wildman–Crippen MR) is 126 cm³/mol. The zero-order chi connectivity index (χ0) is 23.0. The molecule has 1 saturated heterocycles. The van der Waals surface area contributed by atoms with Crippen LogP contribution in [0.5, 0.6) is 0 Å². The fraction of sp³-hybridized carbons (Fsp3) is 0.269. The van der Waals surface area contributed by atoms with Gasteiger partial charge in [0.1, 0.15) is 17.9 Å². The summed E-state index contributed by atoms with van der Waals surface area (Å²) in [4.78, 5) is 33.3. The molecule has 170 valence electrons. The van der Waals surface area contributed by atoms with E-state index in [1.54, 1.807) is 24.4 Å². The number of hydrogen-bond donors (Lipinski definition) is 1. The number of aromatic nitrogens is 1. The van der Waals surface area contributed by atoms with Gasteiger partial charge in [-0.2, -0.15) is 0 Å². The summed E-state index contributed by atoms with van der Waals surface area (Å²) in [5.74, 6) is 0.0914. The van der Waals surface area contributed by atoms with Crippen LogP contribution in [0, 0.1) is 5.82 Å². The van der Waals surface area contributed by atoms with Gasteiger partial charge in [-0.1, -0.05) is 48.5 Å². The molecule has 1 aliphatic heterocycles. The minimum atomic E-state index is -0.620. The Morgan fingerprint density at radius 3 is 2.45 bits per heavy atom. The van der Waals surface area contributed by atoms with Crippen LogP contribution in [0.2, 0.25) is 0 Å². The Kier molecular flexibility index (Phi) is 7.42. The Bertz CT molecular complexity index is 1080. The van der Waals surface area contributed by atoms with E-state index < -0.39 is 6.04 Å². The summed E-state index contributed by atoms with van der Waals surface area (Å²) in [7, 11) is 0. The van der Waals surface area contributed by atoms with Crippen LogP contribution in [0.3, 0.4) is 0 Å². The topological polar surface area (TPSA) is 65.5 Å². The van der Waals surface area contributed by atoms with Gasteiger partial charge in [0.25, 0.3) is 5.91 Å². The average molecular weight is 447 g/mol. The van der Waals surface area contributed by atoms with Crippen molar-refractivity contribution in [1.82, 2.24) is 15.2 Å². The maximum atomic E-state index is 14.0. The maximum Gasteiger partial charge on any atom is 0.255 e. The summed E-state index contributed by atoms with van der Waals surface area (Å²) < 4.78 is 14.0. The minimum absolute atomic E-state index is 0.191. The van der Waals surface area contributed by atoms with Gasteiger partial charge in [-0.3, -0.25) is 9.69 Å². The first-order chi connectivity index (χ1) is 16.1. The summed E-state index contributed by atoms with van der Waals surface area (Å²) >= 11 is 0. The molecule has 1 atom stereocenters. The zero-order valence-electron chi connectivity index (χ0n) is 18.4. The van der Waals surface area contributed by atoms with Crippen molar-refractivity contribution in [3.05, 3.63) is 95.4 Å². The van der Waals surface area contributed by atoms with Crippen molar-refractivity contribution in [2.24, 2.45) is 0 Å². The number of aldehydes is 1. The number of nitrogens with one attached hydrogen (secondary N) is 1. The van der Waals surface area contributed by atoms with E-state index in [4.69, 9.17) is 0 Å². The number of rotatable bonds is 8. The first kappa shape index (κ1) is 22.6. The Labute approximate surface area is 193 Å². The van der Waals surface area contributed by atoms with E-state index in [1.165, 1.54) is 6.07 Å². The molecule has 0 spiro atoms. The molecular weight excluding hydrogens is 419 g/mol. The van der Waals surface area contributed by atoms with Gasteiger partial charge in [0.2, 0.25) is 0 Å². The van der Waals surface area contributed by atoms with Gasteiger partial charge in [-0.05, 0) is 30.2 Å². The van der Waals surface area contributed by atoms with Gasteiger partial charge in [0.15, 0.2) is 0 Å². The van der Waals surface area contributed by atoms with E-state index in [9.17, 15) is 14.0 Å². The second-order valence-electron chi connectivity index (χ2n) is 8.13.